The Morgan fingerprint density at radius 3 is 2.90 bits per heavy atom. The number of carbonyl (C=O) groups is 1. The lowest BCUT2D eigenvalue weighted by Crippen LogP contribution is -2.34. The van der Waals surface area contributed by atoms with E-state index in [9.17, 15) is 4.79 Å². The van der Waals surface area contributed by atoms with E-state index in [0.29, 0.717) is 6.04 Å². The second-order valence-electron chi connectivity index (χ2n) is 2.55. The van der Waals surface area contributed by atoms with Gasteiger partial charge in [0.25, 0.3) is 0 Å². The van der Waals surface area contributed by atoms with Crippen molar-refractivity contribution >= 4 is 28.8 Å². The molecule has 58 valence electrons. The Balaban J connectivity index is 2.24. The first-order valence-electron chi connectivity index (χ1n) is 3.36. The highest BCUT2D eigenvalue weighted by Gasteiger charge is 2.20. The topological polar surface area (TPSA) is 32.3 Å². The molecule has 1 fully saturated rings. The van der Waals surface area contributed by atoms with Gasteiger partial charge < -0.3 is 5.32 Å². The van der Waals surface area contributed by atoms with Crippen LogP contribution in [0.1, 0.15) is 13.3 Å². The van der Waals surface area contributed by atoms with Gasteiger partial charge in [-0.2, -0.15) is 0 Å². The summed E-state index contributed by atoms with van der Waals surface area (Å²) in [5, 5.41) is 2.89. The van der Waals surface area contributed by atoms with Crippen molar-refractivity contribution in [3.8, 4) is 0 Å². The van der Waals surface area contributed by atoms with E-state index in [2.05, 4.69) is 31.3 Å². The third-order valence-corrected chi connectivity index (χ3v) is 2.42. The minimum absolute atomic E-state index is 0.0803. The lowest BCUT2D eigenvalue weighted by Gasteiger charge is -2.08. The standard InChI is InChI=1S/C6H11IN2O/c1-5(10)8-6-2-3-9(7)4-6/h6H,2-4H2,1H3,(H,8,10). The number of nitrogens with zero attached hydrogens (tertiary/aromatic N) is 1. The van der Waals surface area contributed by atoms with Crippen LogP contribution in [0.15, 0.2) is 0 Å². The first-order chi connectivity index (χ1) is 4.68. The summed E-state index contributed by atoms with van der Waals surface area (Å²) in [4.78, 5) is 10.6. The van der Waals surface area contributed by atoms with Gasteiger partial charge in [-0.05, 0) is 6.42 Å². The van der Waals surface area contributed by atoms with E-state index < -0.39 is 0 Å². The number of hydrogen-bond donors (Lipinski definition) is 1. The Morgan fingerprint density at radius 1 is 1.80 bits per heavy atom. The van der Waals surface area contributed by atoms with Gasteiger partial charge in [-0.25, -0.2) is 3.11 Å². The molecule has 4 heteroatoms. The highest BCUT2D eigenvalue weighted by atomic mass is 127. The van der Waals surface area contributed by atoms with Crippen molar-refractivity contribution in [2.45, 2.75) is 19.4 Å². The maximum Gasteiger partial charge on any atom is 0.217 e. The van der Waals surface area contributed by atoms with Gasteiger partial charge in [0.05, 0.1) is 0 Å². The van der Waals surface area contributed by atoms with E-state index in [1.807, 2.05) is 0 Å². The molecule has 0 bridgehead atoms. The molecule has 1 N–H and O–H groups in total. The first kappa shape index (κ1) is 8.26. The van der Waals surface area contributed by atoms with Crippen molar-refractivity contribution in [3.63, 3.8) is 0 Å². The smallest absolute Gasteiger partial charge is 0.217 e. The van der Waals surface area contributed by atoms with Crippen LogP contribution in [0, 0.1) is 0 Å². The molecule has 0 saturated carbocycles. The Kier molecular flexibility index (Phi) is 2.91. The van der Waals surface area contributed by atoms with Crippen LogP contribution in [0.4, 0.5) is 0 Å². The van der Waals surface area contributed by atoms with Gasteiger partial charge in [-0.1, -0.05) is 0 Å². The molecule has 1 heterocycles. The zero-order chi connectivity index (χ0) is 7.56. The molecule has 1 aliphatic heterocycles. The van der Waals surface area contributed by atoms with Crippen molar-refractivity contribution < 1.29 is 4.79 Å². The van der Waals surface area contributed by atoms with Crippen LogP contribution < -0.4 is 5.32 Å². The molecule has 0 radical (unpaired) electrons. The SMILES string of the molecule is CC(=O)NC1CCN(I)C1. The molecule has 3 nitrogen and oxygen atoms in total. The zero-order valence-corrected chi connectivity index (χ0v) is 8.09. The van der Waals surface area contributed by atoms with E-state index in [-0.39, 0.29) is 5.91 Å². The highest BCUT2D eigenvalue weighted by molar-refractivity contribution is 14.1. The fourth-order valence-electron chi connectivity index (χ4n) is 1.12. The zero-order valence-electron chi connectivity index (χ0n) is 5.93. The van der Waals surface area contributed by atoms with Gasteiger partial charge >= 0.3 is 0 Å². The molecule has 1 unspecified atom stereocenters. The van der Waals surface area contributed by atoms with Crippen molar-refractivity contribution in [3.05, 3.63) is 0 Å². The molecule has 0 aromatic rings. The van der Waals surface area contributed by atoms with Crippen LogP contribution in [0.3, 0.4) is 0 Å². The third kappa shape index (κ3) is 2.42. The fourth-order valence-corrected chi connectivity index (χ4v) is 1.88. The van der Waals surface area contributed by atoms with E-state index in [1.165, 1.54) is 0 Å². The number of amides is 1. The van der Waals surface area contributed by atoms with Gasteiger partial charge in [-0.3, -0.25) is 4.79 Å². The summed E-state index contributed by atoms with van der Waals surface area (Å²) >= 11 is 2.28. The highest BCUT2D eigenvalue weighted by Crippen LogP contribution is 2.12. The van der Waals surface area contributed by atoms with Gasteiger partial charge in [0.2, 0.25) is 5.91 Å². The third-order valence-electron chi connectivity index (χ3n) is 1.55. The summed E-state index contributed by atoms with van der Waals surface area (Å²) in [5.41, 5.74) is 0. The number of nitrogens with one attached hydrogen (secondary N) is 1. The summed E-state index contributed by atoms with van der Waals surface area (Å²) < 4.78 is 2.19. The average molecular weight is 254 g/mol. The number of carbonyl (C=O) groups excluding carboxylic acids is 1. The molecule has 10 heavy (non-hydrogen) atoms. The second kappa shape index (κ2) is 3.52. The Labute approximate surface area is 74.6 Å². The molecule has 1 amide bonds. The summed E-state index contributed by atoms with van der Waals surface area (Å²) in [5.74, 6) is 0.0803. The molecule has 0 aromatic carbocycles. The van der Waals surface area contributed by atoms with Gasteiger partial charge in [0.15, 0.2) is 0 Å². The van der Waals surface area contributed by atoms with E-state index in [1.54, 1.807) is 6.92 Å². The number of rotatable bonds is 1. The predicted molar refractivity (Wildman–Crippen MR) is 47.8 cm³/mol. The van der Waals surface area contributed by atoms with Crippen LogP contribution in [-0.4, -0.2) is 28.2 Å². The summed E-state index contributed by atoms with van der Waals surface area (Å²) in [6, 6.07) is 0.384. The van der Waals surface area contributed by atoms with Crippen molar-refractivity contribution in [1.29, 1.82) is 0 Å². The van der Waals surface area contributed by atoms with Gasteiger partial charge in [-0.15, -0.1) is 0 Å². The molecule has 1 aliphatic rings. The molecule has 1 rings (SSSR count). The van der Waals surface area contributed by atoms with E-state index in [4.69, 9.17) is 0 Å². The molecular formula is C6H11IN2O. The monoisotopic (exact) mass is 254 g/mol. The summed E-state index contributed by atoms with van der Waals surface area (Å²) in [6.45, 7) is 3.64. The second-order valence-corrected chi connectivity index (χ2v) is 3.92. The summed E-state index contributed by atoms with van der Waals surface area (Å²) in [7, 11) is 0. The lowest BCUT2D eigenvalue weighted by molar-refractivity contribution is -0.119. The van der Waals surface area contributed by atoms with Crippen LogP contribution in [0.2, 0.25) is 0 Å². The largest absolute Gasteiger partial charge is 0.352 e. The minimum Gasteiger partial charge on any atom is -0.352 e. The molecule has 0 aromatic heterocycles. The van der Waals surface area contributed by atoms with Crippen LogP contribution in [-0.2, 0) is 4.79 Å². The Morgan fingerprint density at radius 2 is 2.50 bits per heavy atom. The van der Waals surface area contributed by atoms with E-state index in [0.717, 1.165) is 19.5 Å². The number of halogens is 1. The summed E-state index contributed by atoms with van der Waals surface area (Å²) in [6.07, 6.45) is 1.09. The maximum atomic E-state index is 10.6. The van der Waals surface area contributed by atoms with Crippen LogP contribution in [0.5, 0.6) is 0 Å². The first-order valence-corrected chi connectivity index (χ1v) is 4.33. The molecular weight excluding hydrogens is 243 g/mol. The van der Waals surface area contributed by atoms with Crippen LogP contribution >= 0.6 is 22.9 Å². The van der Waals surface area contributed by atoms with Crippen molar-refractivity contribution in [2.75, 3.05) is 13.1 Å². The Hall–Kier alpha value is 0.160. The lowest BCUT2D eigenvalue weighted by atomic mass is 10.3. The quantitative estimate of drug-likeness (QED) is 0.547. The molecule has 0 spiro atoms. The van der Waals surface area contributed by atoms with Crippen molar-refractivity contribution in [1.82, 2.24) is 8.43 Å². The molecule has 1 saturated heterocycles. The van der Waals surface area contributed by atoms with Gasteiger partial charge in [0.1, 0.15) is 0 Å². The number of hydrogen-bond acceptors (Lipinski definition) is 2. The molecule has 1 atom stereocenters. The van der Waals surface area contributed by atoms with Crippen molar-refractivity contribution in [2.24, 2.45) is 0 Å². The normalized spacial score (nSPS) is 26.8. The van der Waals surface area contributed by atoms with E-state index >= 15 is 0 Å². The maximum absolute atomic E-state index is 10.6. The average Bonchev–Trinajstić information content (AvgIpc) is 2.13. The Bertz CT molecular complexity index is 140. The molecule has 0 aliphatic carbocycles. The van der Waals surface area contributed by atoms with Crippen LogP contribution in [0.25, 0.3) is 0 Å². The minimum atomic E-state index is 0.0803. The van der Waals surface area contributed by atoms with Gasteiger partial charge in [0, 0.05) is 48.9 Å². The fraction of sp³-hybridized carbons (Fsp3) is 0.833. The predicted octanol–water partition coefficient (Wildman–Crippen LogP) is 0.547.